The predicted molar refractivity (Wildman–Crippen MR) is 86.5 cm³/mol. The van der Waals surface area contributed by atoms with E-state index in [2.05, 4.69) is 39.4 Å². The Balaban J connectivity index is 1.39. The summed E-state index contributed by atoms with van der Waals surface area (Å²) in [6.45, 7) is 8.68. The van der Waals surface area contributed by atoms with Crippen molar-refractivity contribution in [3.8, 4) is 0 Å². The molecule has 3 heteroatoms. The monoisotopic (exact) mass is 285 g/mol. The summed E-state index contributed by atoms with van der Waals surface area (Å²) in [5.74, 6) is 0.673. The molecule has 4 rings (SSSR count). The molecule has 3 nitrogen and oxygen atoms in total. The second-order valence-corrected chi connectivity index (χ2v) is 6.97. The molecule has 1 aromatic rings. The van der Waals surface area contributed by atoms with Gasteiger partial charge in [-0.3, -0.25) is 4.90 Å². The van der Waals surface area contributed by atoms with E-state index in [4.69, 9.17) is 0 Å². The standard InChI is InChI=1S/C18H27N3/c1-2-6-18-15(5-1)11-19-12-16(18)13-20-10-7-17(14-20)21-8-3-4-9-21/h1-2,5-6,16-17,19H,3-4,7-14H2. The molecule has 2 saturated heterocycles. The maximum absolute atomic E-state index is 3.59. The molecule has 114 valence electrons. The quantitative estimate of drug-likeness (QED) is 0.917. The molecule has 3 aliphatic rings. The van der Waals surface area contributed by atoms with Gasteiger partial charge in [0.25, 0.3) is 0 Å². The minimum Gasteiger partial charge on any atom is -0.312 e. The molecule has 1 N–H and O–H groups in total. The van der Waals surface area contributed by atoms with Gasteiger partial charge in [0.15, 0.2) is 0 Å². The third kappa shape index (κ3) is 2.87. The minimum absolute atomic E-state index is 0.673. The lowest BCUT2D eigenvalue weighted by Gasteiger charge is -2.30. The zero-order valence-corrected chi connectivity index (χ0v) is 12.9. The lowest BCUT2D eigenvalue weighted by molar-refractivity contribution is 0.226. The van der Waals surface area contributed by atoms with Gasteiger partial charge in [0.2, 0.25) is 0 Å². The first-order chi connectivity index (χ1) is 10.4. The molecule has 0 saturated carbocycles. The molecule has 0 amide bonds. The number of fused-ring (bicyclic) bond motifs is 1. The van der Waals surface area contributed by atoms with Crippen molar-refractivity contribution < 1.29 is 0 Å². The van der Waals surface area contributed by atoms with E-state index in [0.29, 0.717) is 5.92 Å². The van der Waals surface area contributed by atoms with Crippen LogP contribution in [-0.2, 0) is 6.54 Å². The van der Waals surface area contributed by atoms with Gasteiger partial charge in [-0.2, -0.15) is 0 Å². The minimum atomic E-state index is 0.673. The molecule has 0 radical (unpaired) electrons. The number of nitrogens with zero attached hydrogens (tertiary/aromatic N) is 2. The highest BCUT2D eigenvalue weighted by Gasteiger charge is 2.31. The van der Waals surface area contributed by atoms with Crippen molar-refractivity contribution in [3.05, 3.63) is 35.4 Å². The van der Waals surface area contributed by atoms with Crippen molar-refractivity contribution in [1.82, 2.24) is 15.1 Å². The lowest BCUT2D eigenvalue weighted by Crippen LogP contribution is -2.38. The summed E-state index contributed by atoms with van der Waals surface area (Å²) in [5, 5.41) is 3.59. The summed E-state index contributed by atoms with van der Waals surface area (Å²) in [7, 11) is 0. The second kappa shape index (κ2) is 6.07. The summed E-state index contributed by atoms with van der Waals surface area (Å²) >= 11 is 0. The van der Waals surface area contributed by atoms with Crippen molar-refractivity contribution in [2.45, 2.75) is 37.8 Å². The molecule has 2 unspecified atom stereocenters. The maximum Gasteiger partial charge on any atom is 0.0235 e. The molecule has 2 atom stereocenters. The maximum atomic E-state index is 3.59. The number of benzene rings is 1. The van der Waals surface area contributed by atoms with E-state index in [-0.39, 0.29) is 0 Å². The summed E-state index contributed by atoms with van der Waals surface area (Å²) < 4.78 is 0. The Bertz CT molecular complexity index is 481. The second-order valence-electron chi connectivity index (χ2n) is 6.97. The molecular weight excluding hydrogens is 258 g/mol. The normalized spacial score (nSPS) is 30.7. The topological polar surface area (TPSA) is 18.5 Å². The highest BCUT2D eigenvalue weighted by molar-refractivity contribution is 5.33. The molecule has 21 heavy (non-hydrogen) atoms. The van der Waals surface area contributed by atoms with Crippen molar-refractivity contribution in [1.29, 1.82) is 0 Å². The van der Waals surface area contributed by atoms with Gasteiger partial charge in [-0.15, -0.1) is 0 Å². The fourth-order valence-corrected chi connectivity index (χ4v) is 4.44. The van der Waals surface area contributed by atoms with Crippen LogP contribution < -0.4 is 5.32 Å². The first kappa shape index (κ1) is 13.7. The number of hydrogen-bond acceptors (Lipinski definition) is 3. The number of hydrogen-bond donors (Lipinski definition) is 1. The molecule has 1 aromatic carbocycles. The third-order valence-corrected chi connectivity index (χ3v) is 5.58. The fourth-order valence-electron chi connectivity index (χ4n) is 4.44. The fraction of sp³-hybridized carbons (Fsp3) is 0.667. The van der Waals surface area contributed by atoms with Crippen LogP contribution in [0.1, 0.15) is 36.3 Å². The van der Waals surface area contributed by atoms with Crippen LogP contribution in [0, 0.1) is 0 Å². The Morgan fingerprint density at radius 3 is 2.86 bits per heavy atom. The van der Waals surface area contributed by atoms with Crippen LogP contribution in [0.4, 0.5) is 0 Å². The highest BCUT2D eigenvalue weighted by atomic mass is 15.3. The highest BCUT2D eigenvalue weighted by Crippen LogP contribution is 2.27. The van der Waals surface area contributed by atoms with Crippen molar-refractivity contribution >= 4 is 0 Å². The van der Waals surface area contributed by atoms with Gasteiger partial charge in [0.1, 0.15) is 0 Å². The van der Waals surface area contributed by atoms with Crippen LogP contribution >= 0.6 is 0 Å². The van der Waals surface area contributed by atoms with Crippen molar-refractivity contribution in [2.75, 3.05) is 39.3 Å². The van der Waals surface area contributed by atoms with E-state index >= 15 is 0 Å². The average molecular weight is 285 g/mol. The van der Waals surface area contributed by atoms with Gasteiger partial charge >= 0.3 is 0 Å². The number of rotatable bonds is 3. The predicted octanol–water partition coefficient (Wildman–Crippen LogP) is 2.04. The van der Waals surface area contributed by atoms with Gasteiger partial charge in [0.05, 0.1) is 0 Å². The van der Waals surface area contributed by atoms with Crippen molar-refractivity contribution in [3.63, 3.8) is 0 Å². The lowest BCUT2D eigenvalue weighted by atomic mass is 9.90. The molecule has 3 heterocycles. The van der Waals surface area contributed by atoms with Gasteiger partial charge in [0, 0.05) is 38.1 Å². The van der Waals surface area contributed by atoms with E-state index in [1.165, 1.54) is 57.5 Å². The SMILES string of the molecule is c1ccc2c(c1)CNCC2CN1CCC(N2CCCC2)C1. The summed E-state index contributed by atoms with van der Waals surface area (Å²) in [4.78, 5) is 5.44. The van der Waals surface area contributed by atoms with E-state index in [1.54, 1.807) is 5.56 Å². The van der Waals surface area contributed by atoms with Crippen LogP contribution in [0.5, 0.6) is 0 Å². The Hall–Kier alpha value is -0.900. The van der Waals surface area contributed by atoms with Gasteiger partial charge in [-0.1, -0.05) is 24.3 Å². The molecule has 3 aliphatic heterocycles. The molecule has 0 spiro atoms. The van der Waals surface area contributed by atoms with E-state index < -0.39 is 0 Å². The van der Waals surface area contributed by atoms with E-state index in [9.17, 15) is 0 Å². The van der Waals surface area contributed by atoms with Gasteiger partial charge in [-0.05, 0) is 50.0 Å². The van der Waals surface area contributed by atoms with Crippen LogP contribution in [0.15, 0.2) is 24.3 Å². The summed E-state index contributed by atoms with van der Waals surface area (Å²) in [5.41, 5.74) is 3.09. The first-order valence-electron chi connectivity index (χ1n) is 8.65. The Morgan fingerprint density at radius 1 is 1.10 bits per heavy atom. The Labute approximate surface area is 128 Å². The van der Waals surface area contributed by atoms with Crippen LogP contribution in [0.25, 0.3) is 0 Å². The van der Waals surface area contributed by atoms with Gasteiger partial charge < -0.3 is 10.2 Å². The molecular formula is C18H27N3. The Kier molecular flexibility index (Phi) is 3.97. The van der Waals surface area contributed by atoms with Crippen molar-refractivity contribution in [2.24, 2.45) is 0 Å². The first-order valence-corrected chi connectivity index (χ1v) is 8.65. The Morgan fingerprint density at radius 2 is 1.95 bits per heavy atom. The zero-order valence-electron chi connectivity index (χ0n) is 12.9. The third-order valence-electron chi connectivity index (χ3n) is 5.58. The summed E-state index contributed by atoms with van der Waals surface area (Å²) in [6, 6.07) is 9.83. The zero-order chi connectivity index (χ0) is 14.1. The summed E-state index contributed by atoms with van der Waals surface area (Å²) in [6.07, 6.45) is 4.20. The number of nitrogens with one attached hydrogen (secondary N) is 1. The largest absolute Gasteiger partial charge is 0.312 e. The average Bonchev–Trinajstić information content (AvgIpc) is 3.18. The van der Waals surface area contributed by atoms with Crippen LogP contribution in [-0.4, -0.2) is 55.1 Å². The molecule has 0 aromatic heterocycles. The molecule has 0 aliphatic carbocycles. The van der Waals surface area contributed by atoms with E-state index in [0.717, 1.165) is 19.1 Å². The smallest absolute Gasteiger partial charge is 0.0235 e. The molecule has 2 fully saturated rings. The molecule has 0 bridgehead atoms. The van der Waals surface area contributed by atoms with Crippen LogP contribution in [0.3, 0.4) is 0 Å². The van der Waals surface area contributed by atoms with Crippen LogP contribution in [0.2, 0.25) is 0 Å². The van der Waals surface area contributed by atoms with Gasteiger partial charge in [-0.25, -0.2) is 0 Å². The number of likely N-dealkylation sites (tertiary alicyclic amines) is 2. The van der Waals surface area contributed by atoms with E-state index in [1.807, 2.05) is 0 Å².